The van der Waals surface area contributed by atoms with Crippen LogP contribution in [0, 0.1) is 25.5 Å². The molecule has 2 heterocycles. The van der Waals surface area contributed by atoms with Gasteiger partial charge in [0, 0.05) is 28.4 Å². The summed E-state index contributed by atoms with van der Waals surface area (Å²) in [5.74, 6) is 1.27. The van der Waals surface area contributed by atoms with Crippen LogP contribution in [-0.4, -0.2) is 11.9 Å². The summed E-state index contributed by atoms with van der Waals surface area (Å²) in [6.07, 6.45) is 3.98. The van der Waals surface area contributed by atoms with Gasteiger partial charge in [0.1, 0.15) is 0 Å². The Labute approximate surface area is 239 Å². The normalized spacial score (nSPS) is 15.8. The van der Waals surface area contributed by atoms with Crippen molar-refractivity contribution in [2.24, 2.45) is 0 Å². The fraction of sp³-hybridized carbons (Fsp3) is 0.125. The number of benzene rings is 4. The Bertz CT molecular complexity index is 1440. The summed E-state index contributed by atoms with van der Waals surface area (Å²) < 4.78 is 6.23. The van der Waals surface area contributed by atoms with Crippen molar-refractivity contribution < 1.29 is 25.8 Å². The minimum Gasteiger partial charge on any atom is -0.510 e. The zero-order valence-electron chi connectivity index (χ0n) is 21.5. The van der Waals surface area contributed by atoms with Gasteiger partial charge < -0.3 is 24.3 Å². The SMILES string of the molecule is CN1C=CN(c2[c-]c(Oc3[c-]c(N4[CH-]N(c5ccccc5)C(C)(C)c5ccccc54)ccc3)ccc2)[CH-]1.[Pt+4]. The molecule has 192 valence electrons. The first-order valence-electron chi connectivity index (χ1n) is 12.3. The molecule has 2 aliphatic heterocycles. The minimum absolute atomic E-state index is 0. The monoisotopic (exact) mass is 679 g/mol. The fourth-order valence-corrected chi connectivity index (χ4v) is 4.82. The second-order valence-electron chi connectivity index (χ2n) is 9.66. The molecule has 4 aromatic carbocycles. The van der Waals surface area contributed by atoms with Crippen molar-refractivity contribution in [3.63, 3.8) is 0 Å². The van der Waals surface area contributed by atoms with E-state index in [9.17, 15) is 0 Å². The second-order valence-corrected chi connectivity index (χ2v) is 9.66. The Hall–Kier alpha value is -3.69. The fourth-order valence-electron chi connectivity index (χ4n) is 4.82. The van der Waals surface area contributed by atoms with Gasteiger partial charge in [-0.3, -0.25) is 0 Å². The van der Waals surface area contributed by atoms with Gasteiger partial charge in [0.15, 0.2) is 0 Å². The standard InChI is InChI=1S/C32H28N4O.Pt/c1-32(2)30-17-7-8-18-31(30)35(24-36(32)25-11-5-4-6-12-25)27-14-10-16-29(22-27)37-28-15-9-13-26(21-28)34-20-19-33(3)23-34;/h4-20,23-24H,1-3H3;/q-4;+4. The number of anilines is 4. The number of hydrogen-bond donors (Lipinski definition) is 0. The predicted molar refractivity (Wildman–Crippen MR) is 149 cm³/mol. The van der Waals surface area contributed by atoms with E-state index in [1.165, 1.54) is 5.56 Å². The smallest absolute Gasteiger partial charge is 0.510 e. The molecule has 6 rings (SSSR count). The second kappa shape index (κ2) is 10.6. The average molecular weight is 680 g/mol. The van der Waals surface area contributed by atoms with Crippen molar-refractivity contribution in [2.75, 3.05) is 21.7 Å². The summed E-state index contributed by atoms with van der Waals surface area (Å²) in [6, 6.07) is 37.7. The van der Waals surface area contributed by atoms with Crippen molar-refractivity contribution in [3.05, 3.63) is 134 Å². The van der Waals surface area contributed by atoms with Crippen molar-refractivity contribution >= 4 is 22.7 Å². The van der Waals surface area contributed by atoms with Gasteiger partial charge in [-0.15, -0.1) is 47.8 Å². The van der Waals surface area contributed by atoms with Crippen LogP contribution in [0.15, 0.2) is 103 Å². The molecule has 38 heavy (non-hydrogen) atoms. The van der Waals surface area contributed by atoms with E-state index in [2.05, 4.69) is 97.0 Å². The topological polar surface area (TPSA) is 22.2 Å². The zero-order chi connectivity index (χ0) is 25.4. The van der Waals surface area contributed by atoms with Crippen LogP contribution >= 0.6 is 0 Å². The number of ether oxygens (including phenoxy) is 1. The summed E-state index contributed by atoms with van der Waals surface area (Å²) >= 11 is 0. The molecule has 6 heteroatoms. The molecule has 4 aromatic rings. The summed E-state index contributed by atoms with van der Waals surface area (Å²) in [5.41, 5.74) is 5.07. The molecule has 0 radical (unpaired) electrons. The largest absolute Gasteiger partial charge is 4.00 e. The van der Waals surface area contributed by atoms with Gasteiger partial charge >= 0.3 is 21.1 Å². The van der Waals surface area contributed by atoms with Gasteiger partial charge in [-0.1, -0.05) is 36.4 Å². The Morgan fingerprint density at radius 2 is 1.37 bits per heavy atom. The molecule has 0 bridgehead atoms. The molecular weight excluding hydrogens is 651 g/mol. The number of para-hydroxylation sites is 2. The first-order valence-corrected chi connectivity index (χ1v) is 12.3. The van der Waals surface area contributed by atoms with Gasteiger partial charge in [0.2, 0.25) is 0 Å². The maximum Gasteiger partial charge on any atom is 4.00 e. The molecule has 0 N–H and O–H groups in total. The van der Waals surface area contributed by atoms with Gasteiger partial charge in [0.25, 0.3) is 0 Å². The average Bonchev–Trinajstić information content (AvgIpc) is 3.36. The zero-order valence-corrected chi connectivity index (χ0v) is 23.8. The van der Waals surface area contributed by atoms with E-state index in [0.29, 0.717) is 11.5 Å². The quantitative estimate of drug-likeness (QED) is 0.204. The molecule has 5 nitrogen and oxygen atoms in total. The molecule has 0 spiro atoms. The van der Waals surface area contributed by atoms with Crippen LogP contribution in [0.4, 0.5) is 22.7 Å². The Balaban J connectivity index is 0.00000294. The van der Waals surface area contributed by atoms with Gasteiger partial charge in [-0.25, -0.2) is 0 Å². The third kappa shape index (κ3) is 4.91. The van der Waals surface area contributed by atoms with Crippen LogP contribution in [0.25, 0.3) is 0 Å². The van der Waals surface area contributed by atoms with E-state index in [1.807, 2.05) is 72.3 Å². The summed E-state index contributed by atoms with van der Waals surface area (Å²) in [6.45, 7) is 8.66. The number of hydrogen-bond acceptors (Lipinski definition) is 5. The first-order chi connectivity index (χ1) is 18.0. The number of fused-ring (bicyclic) bond motifs is 1. The number of rotatable bonds is 5. The molecule has 0 amide bonds. The molecule has 0 aromatic heterocycles. The van der Waals surface area contributed by atoms with E-state index in [0.717, 1.165) is 22.7 Å². The maximum atomic E-state index is 6.23. The van der Waals surface area contributed by atoms with Crippen molar-refractivity contribution in [2.45, 2.75) is 19.4 Å². The molecule has 0 saturated heterocycles. The Kier molecular flexibility index (Phi) is 7.23. The molecule has 0 saturated carbocycles. The van der Waals surface area contributed by atoms with Crippen molar-refractivity contribution in [3.8, 4) is 11.5 Å². The summed E-state index contributed by atoms with van der Waals surface area (Å²) in [4.78, 5) is 8.49. The van der Waals surface area contributed by atoms with Gasteiger partial charge in [0.05, 0.1) is 0 Å². The van der Waals surface area contributed by atoms with Crippen LogP contribution in [0.2, 0.25) is 0 Å². The van der Waals surface area contributed by atoms with E-state index in [4.69, 9.17) is 4.74 Å². The van der Waals surface area contributed by atoms with E-state index < -0.39 is 0 Å². The van der Waals surface area contributed by atoms with E-state index in [1.54, 1.807) is 0 Å². The van der Waals surface area contributed by atoms with Crippen LogP contribution in [0.5, 0.6) is 11.5 Å². The molecule has 0 atom stereocenters. The Morgan fingerprint density at radius 3 is 2.08 bits per heavy atom. The van der Waals surface area contributed by atoms with Crippen LogP contribution in [0.1, 0.15) is 19.4 Å². The molecule has 0 unspecified atom stereocenters. The van der Waals surface area contributed by atoms with Crippen molar-refractivity contribution in [1.82, 2.24) is 4.90 Å². The molecular formula is C32H28N4OPt. The van der Waals surface area contributed by atoms with Crippen LogP contribution < -0.4 is 19.4 Å². The molecule has 0 aliphatic carbocycles. The maximum absolute atomic E-state index is 6.23. The Morgan fingerprint density at radius 1 is 0.711 bits per heavy atom. The van der Waals surface area contributed by atoms with Crippen LogP contribution in [-0.2, 0) is 26.6 Å². The van der Waals surface area contributed by atoms with Gasteiger partial charge in [-0.2, -0.15) is 25.5 Å². The van der Waals surface area contributed by atoms with Gasteiger partial charge in [-0.05, 0) is 57.1 Å². The van der Waals surface area contributed by atoms with Crippen LogP contribution in [0.3, 0.4) is 0 Å². The third-order valence-electron chi connectivity index (χ3n) is 6.72. The van der Waals surface area contributed by atoms with Crippen molar-refractivity contribution in [1.29, 1.82) is 0 Å². The minimum atomic E-state index is -0.229. The summed E-state index contributed by atoms with van der Waals surface area (Å²) in [5, 5.41) is 0. The van der Waals surface area contributed by atoms with E-state index in [-0.39, 0.29) is 26.6 Å². The van der Waals surface area contributed by atoms with E-state index >= 15 is 0 Å². The number of nitrogens with zero attached hydrogens (tertiary/aromatic N) is 4. The first kappa shape index (κ1) is 25.9. The third-order valence-corrected chi connectivity index (χ3v) is 6.72. The molecule has 0 fully saturated rings. The predicted octanol–water partition coefficient (Wildman–Crippen LogP) is 7.43. The summed E-state index contributed by atoms with van der Waals surface area (Å²) in [7, 11) is 1.99. The molecule has 2 aliphatic rings.